The van der Waals surface area contributed by atoms with Gasteiger partial charge in [0.1, 0.15) is 5.75 Å². The summed E-state index contributed by atoms with van der Waals surface area (Å²) in [5.74, 6) is 0.663. The van der Waals surface area contributed by atoms with Crippen LogP contribution < -0.4 is 10.5 Å². The van der Waals surface area contributed by atoms with Crippen molar-refractivity contribution in [3.05, 3.63) is 94.0 Å². The highest BCUT2D eigenvalue weighted by Crippen LogP contribution is 2.54. The van der Waals surface area contributed by atoms with Crippen molar-refractivity contribution in [1.82, 2.24) is 0 Å². The van der Waals surface area contributed by atoms with E-state index in [4.69, 9.17) is 10.5 Å². The Kier molecular flexibility index (Phi) is 6.40. The molecule has 0 saturated heterocycles. The van der Waals surface area contributed by atoms with Crippen molar-refractivity contribution in [2.45, 2.75) is 65.7 Å². The van der Waals surface area contributed by atoms with Crippen molar-refractivity contribution in [2.24, 2.45) is 5.92 Å². The van der Waals surface area contributed by atoms with E-state index in [-0.39, 0.29) is 16.8 Å². The van der Waals surface area contributed by atoms with Gasteiger partial charge in [0.2, 0.25) is 0 Å². The number of fused-ring (bicyclic) bond motifs is 1. The SMILES string of the molecule is CCc1cc2c(cc1C(C)=Cc1ccc(C(=O)Oc3ccc(N)cc3)cc1)C(C)(C)C(C)C2(C)C. The van der Waals surface area contributed by atoms with Gasteiger partial charge in [0.25, 0.3) is 0 Å². The molecule has 35 heavy (non-hydrogen) atoms. The number of hydrogen-bond donors (Lipinski definition) is 1. The van der Waals surface area contributed by atoms with E-state index in [1.165, 1.54) is 27.8 Å². The van der Waals surface area contributed by atoms with Gasteiger partial charge in [-0.2, -0.15) is 0 Å². The standard InChI is InChI=1S/C32H37NO2/c1-8-23-18-28-29(32(6,7)21(3)31(28,4)5)19-27(23)20(2)17-22-9-11-24(12-10-22)30(34)35-26-15-13-25(33)14-16-26/h9-19,21H,8,33H2,1-7H3. The highest BCUT2D eigenvalue weighted by atomic mass is 16.5. The van der Waals surface area contributed by atoms with Gasteiger partial charge in [-0.15, -0.1) is 0 Å². The molecule has 2 N–H and O–H groups in total. The lowest BCUT2D eigenvalue weighted by atomic mass is 9.71. The molecule has 0 fully saturated rings. The Balaban J connectivity index is 1.61. The average molecular weight is 468 g/mol. The Morgan fingerprint density at radius 3 is 2.09 bits per heavy atom. The van der Waals surface area contributed by atoms with Crippen molar-refractivity contribution in [3.63, 3.8) is 0 Å². The van der Waals surface area contributed by atoms with Gasteiger partial charge in [0, 0.05) is 5.69 Å². The van der Waals surface area contributed by atoms with Gasteiger partial charge in [-0.3, -0.25) is 0 Å². The van der Waals surface area contributed by atoms with Crippen LogP contribution in [0, 0.1) is 5.92 Å². The maximum absolute atomic E-state index is 12.5. The molecule has 0 heterocycles. The molecule has 182 valence electrons. The van der Waals surface area contributed by atoms with Crippen LogP contribution in [0.1, 0.15) is 86.6 Å². The van der Waals surface area contributed by atoms with E-state index in [9.17, 15) is 4.79 Å². The average Bonchev–Trinajstić information content (AvgIpc) is 2.96. The third-order valence-corrected chi connectivity index (χ3v) is 8.22. The van der Waals surface area contributed by atoms with Crippen LogP contribution in [0.4, 0.5) is 5.69 Å². The molecule has 3 heteroatoms. The lowest BCUT2D eigenvalue weighted by molar-refractivity contribution is 0.0735. The third kappa shape index (κ3) is 4.52. The number of esters is 1. The lowest BCUT2D eigenvalue weighted by Crippen LogP contribution is -2.30. The summed E-state index contributed by atoms with van der Waals surface area (Å²) in [6, 6.07) is 19.3. The molecule has 3 aromatic rings. The molecule has 0 spiro atoms. The minimum absolute atomic E-state index is 0.132. The number of nitrogens with two attached hydrogens (primary N) is 1. The van der Waals surface area contributed by atoms with Crippen LogP contribution in [0.2, 0.25) is 0 Å². The van der Waals surface area contributed by atoms with Crippen molar-refractivity contribution in [1.29, 1.82) is 0 Å². The molecule has 3 aromatic carbocycles. The van der Waals surface area contributed by atoms with E-state index in [0.29, 0.717) is 22.9 Å². The molecule has 1 atom stereocenters. The summed E-state index contributed by atoms with van der Waals surface area (Å²) in [6.45, 7) is 16.3. The number of hydrogen-bond acceptors (Lipinski definition) is 3. The first-order valence-corrected chi connectivity index (χ1v) is 12.5. The third-order valence-electron chi connectivity index (χ3n) is 8.22. The fourth-order valence-corrected chi connectivity index (χ4v) is 5.48. The van der Waals surface area contributed by atoms with E-state index < -0.39 is 0 Å². The highest BCUT2D eigenvalue weighted by Gasteiger charge is 2.48. The van der Waals surface area contributed by atoms with Crippen molar-refractivity contribution >= 4 is 23.3 Å². The first kappa shape index (κ1) is 24.8. The second-order valence-corrected chi connectivity index (χ2v) is 11.0. The number of ether oxygens (including phenoxy) is 1. The van der Waals surface area contributed by atoms with E-state index in [0.717, 1.165) is 12.0 Å². The van der Waals surface area contributed by atoms with Crippen LogP contribution in [-0.4, -0.2) is 5.97 Å². The topological polar surface area (TPSA) is 52.3 Å². The summed E-state index contributed by atoms with van der Waals surface area (Å²) in [7, 11) is 0. The quantitative estimate of drug-likeness (QED) is 0.180. The predicted octanol–water partition coefficient (Wildman–Crippen LogP) is 7.82. The lowest BCUT2D eigenvalue weighted by Gasteiger charge is -2.32. The van der Waals surface area contributed by atoms with Crippen molar-refractivity contribution < 1.29 is 9.53 Å². The molecule has 0 bridgehead atoms. The normalized spacial score (nSPS) is 18.3. The molecule has 0 aromatic heterocycles. The molecule has 0 amide bonds. The molecule has 3 nitrogen and oxygen atoms in total. The van der Waals surface area contributed by atoms with Crippen LogP contribution in [0.15, 0.2) is 60.7 Å². The maximum atomic E-state index is 12.5. The van der Waals surface area contributed by atoms with Crippen LogP contribution in [0.3, 0.4) is 0 Å². The van der Waals surface area contributed by atoms with Crippen molar-refractivity contribution in [2.75, 3.05) is 5.73 Å². The minimum Gasteiger partial charge on any atom is -0.423 e. The fourth-order valence-electron chi connectivity index (χ4n) is 5.48. The summed E-state index contributed by atoms with van der Waals surface area (Å²) >= 11 is 0. The van der Waals surface area contributed by atoms with Crippen molar-refractivity contribution in [3.8, 4) is 5.75 Å². The second kappa shape index (κ2) is 9.03. The summed E-state index contributed by atoms with van der Waals surface area (Å²) in [6.07, 6.45) is 3.20. The molecule has 1 aliphatic rings. The van der Waals surface area contributed by atoms with E-state index in [1.807, 2.05) is 24.3 Å². The summed E-state index contributed by atoms with van der Waals surface area (Å²) in [5.41, 5.74) is 15.1. The second-order valence-electron chi connectivity index (χ2n) is 11.0. The zero-order valence-electron chi connectivity index (χ0n) is 22.0. The first-order valence-electron chi connectivity index (χ1n) is 12.5. The zero-order chi connectivity index (χ0) is 25.5. The largest absolute Gasteiger partial charge is 0.423 e. The zero-order valence-corrected chi connectivity index (χ0v) is 22.0. The number of anilines is 1. The van der Waals surface area contributed by atoms with Crippen LogP contribution in [0.5, 0.6) is 5.75 Å². The number of carbonyl (C=O) groups is 1. The summed E-state index contributed by atoms with van der Waals surface area (Å²) < 4.78 is 5.45. The van der Waals surface area contributed by atoms with Crippen LogP contribution in [0.25, 0.3) is 11.6 Å². The first-order chi connectivity index (χ1) is 16.4. The molecule has 0 saturated carbocycles. The number of carbonyl (C=O) groups excluding carboxylic acids is 1. The predicted molar refractivity (Wildman–Crippen MR) is 147 cm³/mol. The van der Waals surface area contributed by atoms with Gasteiger partial charge in [-0.1, -0.05) is 71.9 Å². The van der Waals surface area contributed by atoms with E-state index >= 15 is 0 Å². The number of aryl methyl sites for hydroxylation is 1. The minimum atomic E-state index is -0.382. The van der Waals surface area contributed by atoms with Gasteiger partial charge in [-0.05, 0) is 99.9 Å². The maximum Gasteiger partial charge on any atom is 0.343 e. The smallest absolute Gasteiger partial charge is 0.343 e. The Morgan fingerprint density at radius 2 is 1.51 bits per heavy atom. The van der Waals surface area contributed by atoms with E-state index in [2.05, 4.69) is 66.7 Å². The van der Waals surface area contributed by atoms with Crippen LogP contribution >= 0.6 is 0 Å². The van der Waals surface area contributed by atoms with Gasteiger partial charge in [0.05, 0.1) is 5.56 Å². The molecule has 1 unspecified atom stereocenters. The van der Waals surface area contributed by atoms with Gasteiger partial charge < -0.3 is 10.5 Å². The Hall–Kier alpha value is -3.33. The number of benzene rings is 3. The van der Waals surface area contributed by atoms with Gasteiger partial charge in [0.15, 0.2) is 0 Å². The Bertz CT molecular complexity index is 1280. The van der Waals surface area contributed by atoms with Gasteiger partial charge >= 0.3 is 5.97 Å². The number of allylic oxidation sites excluding steroid dienone is 1. The summed E-state index contributed by atoms with van der Waals surface area (Å²) in [4.78, 5) is 12.5. The molecule has 4 rings (SSSR count). The molecular formula is C32H37NO2. The molecular weight excluding hydrogens is 430 g/mol. The van der Waals surface area contributed by atoms with Gasteiger partial charge in [-0.25, -0.2) is 4.79 Å². The Labute approximate surface area is 210 Å². The Morgan fingerprint density at radius 1 is 0.943 bits per heavy atom. The van der Waals surface area contributed by atoms with Crippen LogP contribution in [-0.2, 0) is 17.3 Å². The monoisotopic (exact) mass is 467 g/mol. The molecule has 0 radical (unpaired) electrons. The fraction of sp³-hybridized carbons (Fsp3) is 0.344. The number of rotatable bonds is 5. The summed E-state index contributed by atoms with van der Waals surface area (Å²) in [5, 5.41) is 0. The number of nitrogen functional groups attached to an aromatic ring is 1. The molecule has 1 aliphatic carbocycles. The molecule has 0 aliphatic heterocycles. The highest BCUT2D eigenvalue weighted by molar-refractivity contribution is 5.91. The van der Waals surface area contributed by atoms with E-state index in [1.54, 1.807) is 24.3 Å².